The predicted octanol–water partition coefficient (Wildman–Crippen LogP) is 9.39. The minimum atomic E-state index is -5.62. The summed E-state index contributed by atoms with van der Waals surface area (Å²) in [5.41, 5.74) is -13.0. The highest BCUT2D eigenvalue weighted by Crippen LogP contribution is 2.56. The molecule has 2 aliphatic rings. The van der Waals surface area contributed by atoms with Crippen molar-refractivity contribution in [1.82, 2.24) is 0 Å². The second-order valence-corrected chi connectivity index (χ2v) is 9.95. The number of rotatable bonds is 3. The van der Waals surface area contributed by atoms with E-state index in [4.69, 9.17) is 26.3 Å². The summed E-state index contributed by atoms with van der Waals surface area (Å²) in [6, 6.07) is 12.4. The first kappa shape index (κ1) is 33.3. The monoisotopic (exact) mass is 668 g/mol. The first-order valence-electron chi connectivity index (χ1n) is 13.2. The molecule has 0 amide bonds. The van der Waals surface area contributed by atoms with E-state index < -0.39 is 91.1 Å². The summed E-state index contributed by atoms with van der Waals surface area (Å²) in [6.07, 6.45) is -5.62. The van der Waals surface area contributed by atoms with Gasteiger partial charge in [0.25, 0.3) is 0 Å². The first-order chi connectivity index (χ1) is 23.8. The molecule has 0 spiro atoms. The van der Waals surface area contributed by atoms with Crippen LogP contribution in [0, 0.1) is 83.2 Å². The van der Waals surface area contributed by atoms with Crippen molar-refractivity contribution >= 4 is 45.1 Å². The van der Waals surface area contributed by atoms with Crippen LogP contribution in [0.1, 0.15) is 44.5 Å². The molecule has 0 N–H and O–H groups in total. The van der Waals surface area contributed by atoms with E-state index >= 15 is 13.2 Å². The fourth-order valence-corrected chi connectivity index (χ4v) is 5.49. The van der Waals surface area contributed by atoms with E-state index in [2.05, 4.69) is 24.1 Å². The van der Waals surface area contributed by atoms with Gasteiger partial charge in [-0.1, -0.05) is 18.2 Å². The highest BCUT2D eigenvalue weighted by molar-refractivity contribution is 6.17. The molecule has 15 heteroatoms. The van der Waals surface area contributed by atoms with Gasteiger partial charge in [-0.25, -0.2) is 32.6 Å². The maximum atomic E-state index is 17.1. The maximum absolute atomic E-state index is 17.1. The molecule has 0 saturated heterocycles. The lowest BCUT2D eigenvalue weighted by molar-refractivity contribution is -0.302. The van der Waals surface area contributed by atoms with Crippen molar-refractivity contribution in [3.05, 3.63) is 150 Å². The Labute approximate surface area is 277 Å². The molecule has 0 unspecified atom stereocenters. The van der Waals surface area contributed by atoms with Crippen molar-refractivity contribution in [1.29, 1.82) is 21.0 Å². The van der Waals surface area contributed by atoms with E-state index in [1.54, 1.807) is 18.2 Å². The normalized spacial score (nSPS) is 14.8. The van der Waals surface area contributed by atoms with Gasteiger partial charge in [-0.3, -0.25) is 0 Å². The maximum Gasteiger partial charge on any atom is 0.573 e. The lowest BCUT2D eigenvalue weighted by atomic mass is 9.89. The zero-order valence-corrected chi connectivity index (χ0v) is 24.2. The molecule has 3 aromatic rings. The summed E-state index contributed by atoms with van der Waals surface area (Å²) in [5.74, 6) is -6.74. The van der Waals surface area contributed by atoms with Gasteiger partial charge < -0.3 is 4.74 Å². The molecular formula is C35H6F6N8O. The Morgan fingerprint density at radius 3 is 1.68 bits per heavy atom. The molecule has 9 nitrogen and oxygen atoms in total. The molecule has 0 atom stereocenters. The molecule has 0 heterocycles. The third-order valence-electron chi connectivity index (χ3n) is 7.31. The van der Waals surface area contributed by atoms with Gasteiger partial charge in [0.2, 0.25) is 11.4 Å². The van der Waals surface area contributed by atoms with Crippen molar-refractivity contribution in [3.63, 3.8) is 0 Å². The van der Waals surface area contributed by atoms with Crippen LogP contribution in [0.15, 0.2) is 48.0 Å². The zero-order valence-electron chi connectivity index (χ0n) is 24.2. The van der Waals surface area contributed by atoms with E-state index in [1.165, 1.54) is 6.07 Å². The van der Waals surface area contributed by atoms with Crippen molar-refractivity contribution in [3.8, 4) is 24.3 Å². The Morgan fingerprint density at radius 2 is 1.22 bits per heavy atom. The van der Waals surface area contributed by atoms with Gasteiger partial charge in [0.1, 0.15) is 40.9 Å². The Hall–Kier alpha value is -8.08. The van der Waals surface area contributed by atoms with Gasteiger partial charge in [-0.05, 0) is 29.3 Å². The quantitative estimate of drug-likeness (QED) is 0.156. The number of benzene rings is 3. The largest absolute Gasteiger partial charge is 0.573 e. The number of fused-ring (bicyclic) bond motifs is 2. The number of hydrogen-bond donors (Lipinski definition) is 0. The van der Waals surface area contributed by atoms with Crippen LogP contribution in [-0.4, -0.2) is 6.36 Å². The van der Waals surface area contributed by atoms with E-state index in [1.807, 2.05) is 0 Å². The van der Waals surface area contributed by atoms with Crippen LogP contribution in [0.4, 0.5) is 37.7 Å². The van der Waals surface area contributed by atoms with Crippen molar-refractivity contribution in [2.45, 2.75) is 6.36 Å². The molecule has 3 aromatic carbocycles. The van der Waals surface area contributed by atoms with Crippen molar-refractivity contribution in [2.75, 3.05) is 0 Å². The Bertz CT molecular complexity index is 2560. The molecule has 2 aliphatic carbocycles. The Kier molecular flexibility index (Phi) is 8.16. The van der Waals surface area contributed by atoms with Gasteiger partial charge >= 0.3 is 6.36 Å². The van der Waals surface area contributed by atoms with Crippen molar-refractivity contribution in [2.24, 2.45) is 0 Å². The van der Waals surface area contributed by atoms with Crippen LogP contribution in [-0.2, 0) is 4.74 Å². The topological polar surface area (TPSA) is 122 Å². The van der Waals surface area contributed by atoms with Gasteiger partial charge in [-0.2, -0.15) is 21.0 Å². The fourth-order valence-electron chi connectivity index (χ4n) is 5.49. The zero-order chi connectivity index (χ0) is 36.7. The van der Waals surface area contributed by atoms with Crippen LogP contribution in [0.5, 0.6) is 0 Å². The molecule has 0 radical (unpaired) electrons. The standard InChI is InChI=1S/C35H6F6N8O/c1-46-19-8-17(9-20(10-19)47-2)21(13-44)23-25-27(33(49-4)31(23)38)29(36)24-22(14-45)34(50-35(39,40)41)28(26(24)30(25)37)32(48-3)18-6-15(11-42)5-16(7-18)12-43/h5-10H/b23-21-,32-28+. The fraction of sp³-hybridized carbons (Fsp3) is 0.0286. The molecule has 50 heavy (non-hydrogen) atoms. The molecule has 0 fully saturated rings. The number of alkyl halides is 3. The molecule has 0 saturated carbocycles. The number of hydrogen-bond acceptors (Lipinski definition) is 5. The molecule has 0 aromatic heterocycles. The summed E-state index contributed by atoms with van der Waals surface area (Å²) < 4.78 is 95.5. The van der Waals surface area contributed by atoms with E-state index in [0.717, 1.165) is 36.4 Å². The summed E-state index contributed by atoms with van der Waals surface area (Å²) >= 11 is 0. The third kappa shape index (κ3) is 5.10. The number of halogens is 6. The van der Waals surface area contributed by atoms with E-state index in [0.29, 0.717) is 0 Å². The number of nitrogens with zero attached hydrogens (tertiary/aromatic N) is 8. The summed E-state index contributed by atoms with van der Waals surface area (Å²) in [7, 11) is 0. The second kappa shape index (κ2) is 12.3. The lowest BCUT2D eigenvalue weighted by Crippen LogP contribution is -2.14. The van der Waals surface area contributed by atoms with Gasteiger partial charge in [-0.15, -0.1) is 13.2 Å². The SMILES string of the molecule is [C-]#[N+]C1=C(F)/C(=C(/C#N)c2cc([N+]#[C-])cc([N+]#[C-])c2)c2c(F)c3c(c(F)c21)C(C#N)=C(OC(F)(F)F)/C3=C(/[N+]#[C-])c1cc(C#N)cc(C#N)c1. The smallest absolute Gasteiger partial charge is 0.405 e. The average molecular weight is 668 g/mol. The summed E-state index contributed by atoms with van der Waals surface area (Å²) in [5, 5.41) is 39.0. The average Bonchev–Trinajstić information content (AvgIpc) is 3.58. The van der Waals surface area contributed by atoms with Crippen LogP contribution in [0.3, 0.4) is 0 Å². The Balaban J connectivity index is 2.04. The van der Waals surface area contributed by atoms with Gasteiger partial charge in [0, 0.05) is 33.4 Å². The molecule has 0 aliphatic heterocycles. The molecule has 234 valence electrons. The second-order valence-electron chi connectivity index (χ2n) is 9.95. The van der Waals surface area contributed by atoms with Crippen LogP contribution >= 0.6 is 0 Å². The summed E-state index contributed by atoms with van der Waals surface area (Å²) in [6.45, 7) is 30.0. The first-order valence-corrected chi connectivity index (χ1v) is 13.2. The number of allylic oxidation sites excluding steroid dienone is 5. The van der Waals surface area contributed by atoms with Crippen LogP contribution < -0.4 is 0 Å². The van der Waals surface area contributed by atoms with Crippen LogP contribution in [0.25, 0.3) is 53.1 Å². The molecular weight excluding hydrogens is 662 g/mol. The van der Waals surface area contributed by atoms with E-state index in [-0.39, 0.29) is 28.1 Å². The van der Waals surface area contributed by atoms with E-state index in [9.17, 15) is 34.2 Å². The third-order valence-corrected chi connectivity index (χ3v) is 7.31. The van der Waals surface area contributed by atoms with Gasteiger partial charge in [0.15, 0.2) is 11.4 Å². The number of ether oxygens (including phenoxy) is 1. The van der Waals surface area contributed by atoms with Crippen molar-refractivity contribution < 1.29 is 31.1 Å². The predicted molar refractivity (Wildman–Crippen MR) is 161 cm³/mol. The highest BCUT2D eigenvalue weighted by atomic mass is 19.4. The van der Waals surface area contributed by atoms with Gasteiger partial charge in [0.05, 0.1) is 55.1 Å². The minimum absolute atomic E-state index is 0.212. The highest BCUT2D eigenvalue weighted by Gasteiger charge is 2.47. The lowest BCUT2D eigenvalue weighted by Gasteiger charge is -2.17. The van der Waals surface area contributed by atoms with Crippen LogP contribution in [0.2, 0.25) is 0 Å². The molecule has 5 rings (SSSR count). The Morgan fingerprint density at radius 1 is 0.660 bits per heavy atom. The minimum Gasteiger partial charge on any atom is -0.405 e. The molecule has 0 bridgehead atoms. The summed E-state index contributed by atoms with van der Waals surface area (Å²) in [4.78, 5) is 12.5. The number of nitriles is 4.